The molecule has 1 aliphatic rings. The lowest BCUT2D eigenvalue weighted by molar-refractivity contribution is 0.352. The summed E-state index contributed by atoms with van der Waals surface area (Å²) in [6, 6.07) is 4.34. The zero-order chi connectivity index (χ0) is 12.8. The molecule has 0 radical (unpaired) electrons. The van der Waals surface area contributed by atoms with Crippen molar-refractivity contribution in [2.75, 3.05) is 25.2 Å². The molecule has 0 atom stereocenters. The van der Waals surface area contributed by atoms with E-state index in [4.69, 9.17) is 4.74 Å². The van der Waals surface area contributed by atoms with E-state index in [1.165, 1.54) is 29.7 Å². The number of thioether (sulfide) groups is 1. The van der Waals surface area contributed by atoms with Crippen molar-refractivity contribution in [3.05, 3.63) is 27.7 Å². The third kappa shape index (κ3) is 3.90. The first-order chi connectivity index (χ1) is 8.81. The van der Waals surface area contributed by atoms with Gasteiger partial charge in [0.1, 0.15) is 5.75 Å². The first-order valence-electron chi connectivity index (χ1n) is 6.45. The molecule has 1 aliphatic heterocycles. The average Bonchev–Trinajstić information content (AvgIpc) is 2.81. The van der Waals surface area contributed by atoms with E-state index in [0.29, 0.717) is 0 Å². The molecular formula is C14H20BrNOS. The molecule has 0 saturated carbocycles. The fourth-order valence-corrected chi connectivity index (χ4v) is 3.24. The fraction of sp³-hybridized carbons (Fsp3) is 0.571. The van der Waals surface area contributed by atoms with Crippen LogP contribution in [0.3, 0.4) is 0 Å². The number of nitrogens with one attached hydrogen (secondary N) is 1. The average molecular weight is 330 g/mol. The largest absolute Gasteiger partial charge is 0.493 e. The molecule has 100 valence electrons. The van der Waals surface area contributed by atoms with Gasteiger partial charge in [0.25, 0.3) is 0 Å². The molecule has 0 unspecified atom stereocenters. The molecular weight excluding hydrogens is 310 g/mol. The van der Waals surface area contributed by atoms with Gasteiger partial charge in [-0.05, 0) is 49.1 Å². The predicted molar refractivity (Wildman–Crippen MR) is 82.7 cm³/mol. The summed E-state index contributed by atoms with van der Waals surface area (Å²) >= 11 is 5.49. The Hall–Kier alpha value is -0.190. The molecule has 18 heavy (non-hydrogen) atoms. The molecule has 0 bridgehead atoms. The third-order valence-corrected chi connectivity index (χ3v) is 4.25. The minimum atomic E-state index is 0.826. The number of benzene rings is 1. The van der Waals surface area contributed by atoms with Gasteiger partial charge in [-0.3, -0.25) is 0 Å². The minimum absolute atomic E-state index is 0.826. The maximum Gasteiger partial charge on any atom is 0.127 e. The van der Waals surface area contributed by atoms with Crippen LogP contribution in [-0.4, -0.2) is 25.2 Å². The van der Waals surface area contributed by atoms with Crippen molar-refractivity contribution in [1.29, 1.82) is 0 Å². The minimum Gasteiger partial charge on any atom is -0.493 e. The van der Waals surface area contributed by atoms with Crippen LogP contribution >= 0.6 is 27.7 Å². The highest BCUT2D eigenvalue weighted by Crippen LogP contribution is 2.32. The van der Waals surface area contributed by atoms with Gasteiger partial charge >= 0.3 is 0 Å². The Morgan fingerprint density at radius 2 is 2.28 bits per heavy atom. The van der Waals surface area contributed by atoms with Crippen molar-refractivity contribution in [3.8, 4) is 5.75 Å². The second-order valence-electron chi connectivity index (χ2n) is 4.53. The fourth-order valence-electron chi connectivity index (χ4n) is 2.20. The van der Waals surface area contributed by atoms with E-state index >= 15 is 0 Å². The first-order valence-corrected chi connectivity index (χ1v) is 8.63. The Morgan fingerprint density at radius 3 is 3.11 bits per heavy atom. The van der Waals surface area contributed by atoms with Crippen molar-refractivity contribution in [1.82, 2.24) is 5.32 Å². The van der Waals surface area contributed by atoms with E-state index in [1.807, 2.05) is 11.8 Å². The van der Waals surface area contributed by atoms with Gasteiger partial charge in [-0.2, -0.15) is 11.8 Å². The lowest BCUT2D eigenvalue weighted by Gasteiger charge is -2.10. The molecule has 1 aromatic rings. The van der Waals surface area contributed by atoms with Crippen LogP contribution in [0.1, 0.15) is 24.0 Å². The third-order valence-electron chi connectivity index (χ3n) is 3.09. The van der Waals surface area contributed by atoms with Gasteiger partial charge < -0.3 is 10.1 Å². The van der Waals surface area contributed by atoms with Crippen LogP contribution in [0.4, 0.5) is 0 Å². The van der Waals surface area contributed by atoms with Gasteiger partial charge in [0.05, 0.1) is 6.61 Å². The van der Waals surface area contributed by atoms with Crippen molar-refractivity contribution in [2.45, 2.75) is 25.8 Å². The maximum atomic E-state index is 5.72. The standard InChI is InChI=1S/C14H20BrNOS/c1-18-7-3-2-5-16-10-12-9-13(15)8-11-4-6-17-14(11)12/h8-9,16H,2-7,10H2,1H3. The SMILES string of the molecule is CSCCCCNCc1cc(Br)cc2c1OCC2. The predicted octanol–water partition coefficient (Wildman–Crippen LogP) is 3.62. The smallest absolute Gasteiger partial charge is 0.127 e. The molecule has 0 amide bonds. The zero-order valence-electron chi connectivity index (χ0n) is 10.8. The van der Waals surface area contributed by atoms with Crippen molar-refractivity contribution in [3.63, 3.8) is 0 Å². The van der Waals surface area contributed by atoms with Gasteiger partial charge in [-0.1, -0.05) is 15.9 Å². The number of ether oxygens (including phenoxy) is 1. The molecule has 1 N–H and O–H groups in total. The summed E-state index contributed by atoms with van der Waals surface area (Å²) in [6.45, 7) is 2.81. The van der Waals surface area contributed by atoms with E-state index in [2.05, 4.69) is 39.6 Å². The molecule has 0 aromatic heterocycles. The molecule has 0 saturated heterocycles. The van der Waals surface area contributed by atoms with E-state index in [1.54, 1.807) is 0 Å². The Kier molecular flexibility index (Phi) is 5.86. The Balaban J connectivity index is 1.82. The Bertz CT molecular complexity index is 398. The molecule has 1 aromatic carbocycles. The van der Waals surface area contributed by atoms with Crippen LogP contribution in [0.25, 0.3) is 0 Å². The monoisotopic (exact) mass is 329 g/mol. The van der Waals surface area contributed by atoms with Crippen molar-refractivity contribution >= 4 is 27.7 Å². The highest BCUT2D eigenvalue weighted by atomic mass is 79.9. The summed E-state index contributed by atoms with van der Waals surface area (Å²) in [6.07, 6.45) is 5.74. The van der Waals surface area contributed by atoms with E-state index < -0.39 is 0 Å². The highest BCUT2D eigenvalue weighted by molar-refractivity contribution is 9.10. The number of unbranched alkanes of at least 4 members (excludes halogenated alkanes) is 1. The summed E-state index contributed by atoms with van der Waals surface area (Å²) in [5, 5.41) is 3.51. The Labute approximate surface area is 122 Å². The quantitative estimate of drug-likeness (QED) is 0.772. The van der Waals surface area contributed by atoms with E-state index in [9.17, 15) is 0 Å². The number of rotatable bonds is 7. The summed E-state index contributed by atoms with van der Waals surface area (Å²) in [7, 11) is 0. The van der Waals surface area contributed by atoms with Gasteiger partial charge in [-0.25, -0.2) is 0 Å². The van der Waals surface area contributed by atoms with Crippen LogP contribution in [0.15, 0.2) is 16.6 Å². The second-order valence-corrected chi connectivity index (χ2v) is 6.43. The molecule has 4 heteroatoms. The molecule has 2 rings (SSSR count). The lowest BCUT2D eigenvalue weighted by atomic mass is 10.1. The highest BCUT2D eigenvalue weighted by Gasteiger charge is 2.16. The van der Waals surface area contributed by atoms with Crippen LogP contribution in [0, 0.1) is 0 Å². The second kappa shape index (κ2) is 7.41. The molecule has 0 fully saturated rings. The molecule has 2 nitrogen and oxygen atoms in total. The maximum absolute atomic E-state index is 5.72. The summed E-state index contributed by atoms with van der Waals surface area (Å²) < 4.78 is 6.87. The molecule has 0 aliphatic carbocycles. The normalized spacial score (nSPS) is 13.4. The first kappa shape index (κ1) is 14.2. The van der Waals surface area contributed by atoms with Crippen LogP contribution in [0.2, 0.25) is 0 Å². The summed E-state index contributed by atoms with van der Waals surface area (Å²) in [5.41, 5.74) is 2.62. The number of hydrogen-bond acceptors (Lipinski definition) is 3. The molecule has 1 heterocycles. The van der Waals surface area contributed by atoms with Crippen LogP contribution < -0.4 is 10.1 Å². The zero-order valence-corrected chi connectivity index (χ0v) is 13.2. The van der Waals surface area contributed by atoms with E-state index in [0.717, 1.165) is 36.3 Å². The number of fused-ring (bicyclic) bond motifs is 1. The van der Waals surface area contributed by atoms with Gasteiger partial charge in [-0.15, -0.1) is 0 Å². The lowest BCUT2D eigenvalue weighted by Crippen LogP contribution is -2.15. The van der Waals surface area contributed by atoms with Gasteiger partial charge in [0, 0.05) is 23.0 Å². The number of halogens is 1. The summed E-state index contributed by atoms with van der Waals surface area (Å²) in [5.74, 6) is 2.37. The van der Waals surface area contributed by atoms with Crippen LogP contribution in [0.5, 0.6) is 5.75 Å². The van der Waals surface area contributed by atoms with Crippen molar-refractivity contribution < 1.29 is 4.74 Å². The number of hydrogen-bond donors (Lipinski definition) is 1. The Morgan fingerprint density at radius 1 is 1.39 bits per heavy atom. The van der Waals surface area contributed by atoms with E-state index in [-0.39, 0.29) is 0 Å². The van der Waals surface area contributed by atoms with Crippen LogP contribution in [-0.2, 0) is 13.0 Å². The van der Waals surface area contributed by atoms with Gasteiger partial charge in [0.15, 0.2) is 0 Å². The molecule has 0 spiro atoms. The van der Waals surface area contributed by atoms with Gasteiger partial charge in [0.2, 0.25) is 0 Å². The topological polar surface area (TPSA) is 21.3 Å². The van der Waals surface area contributed by atoms with Crippen molar-refractivity contribution in [2.24, 2.45) is 0 Å². The summed E-state index contributed by atoms with van der Waals surface area (Å²) in [4.78, 5) is 0.